The van der Waals surface area contributed by atoms with Gasteiger partial charge in [0.2, 0.25) is 0 Å². The molecule has 0 aliphatic rings. The number of nitrogens with zero attached hydrogens (tertiary/aromatic N) is 2. The SMILES string of the molecule is C=Cc1nccnc1C=C.CN. The van der Waals surface area contributed by atoms with Gasteiger partial charge in [0.15, 0.2) is 0 Å². The summed E-state index contributed by atoms with van der Waals surface area (Å²) in [4.78, 5) is 8.03. The van der Waals surface area contributed by atoms with E-state index in [1.54, 1.807) is 24.5 Å². The van der Waals surface area contributed by atoms with Gasteiger partial charge >= 0.3 is 0 Å². The Morgan fingerprint density at radius 3 is 1.67 bits per heavy atom. The van der Waals surface area contributed by atoms with Gasteiger partial charge in [-0.2, -0.15) is 0 Å². The molecule has 0 radical (unpaired) electrons. The van der Waals surface area contributed by atoms with Gasteiger partial charge in [-0.1, -0.05) is 13.2 Å². The van der Waals surface area contributed by atoms with Crippen molar-refractivity contribution in [1.82, 2.24) is 9.97 Å². The predicted molar refractivity (Wildman–Crippen MR) is 52.3 cm³/mol. The molecule has 1 aromatic rings. The van der Waals surface area contributed by atoms with Crippen LogP contribution in [-0.4, -0.2) is 17.0 Å². The van der Waals surface area contributed by atoms with E-state index in [-0.39, 0.29) is 0 Å². The number of hydrogen-bond acceptors (Lipinski definition) is 3. The molecule has 0 bridgehead atoms. The minimum atomic E-state index is 0.775. The summed E-state index contributed by atoms with van der Waals surface area (Å²) in [7, 11) is 1.50. The summed E-state index contributed by atoms with van der Waals surface area (Å²) in [6.07, 6.45) is 6.57. The third-order valence-corrected chi connectivity index (χ3v) is 1.14. The average molecular weight is 163 g/mol. The highest BCUT2D eigenvalue weighted by Crippen LogP contribution is 2.02. The van der Waals surface area contributed by atoms with Crippen molar-refractivity contribution in [2.75, 3.05) is 7.05 Å². The fourth-order valence-electron chi connectivity index (χ4n) is 0.674. The molecule has 2 N–H and O–H groups in total. The lowest BCUT2D eigenvalue weighted by Gasteiger charge is -1.94. The molecule has 0 aliphatic carbocycles. The Kier molecular flexibility index (Phi) is 5.47. The first-order chi connectivity index (χ1) is 5.88. The summed E-state index contributed by atoms with van der Waals surface area (Å²) in [5.41, 5.74) is 6.05. The second-order valence-electron chi connectivity index (χ2n) is 1.74. The van der Waals surface area contributed by atoms with E-state index in [1.807, 2.05) is 0 Å². The summed E-state index contributed by atoms with van der Waals surface area (Å²) < 4.78 is 0. The molecule has 0 aliphatic heterocycles. The second kappa shape index (κ2) is 6.24. The summed E-state index contributed by atoms with van der Waals surface area (Å²) in [5.74, 6) is 0. The number of nitrogens with two attached hydrogens (primary N) is 1. The van der Waals surface area contributed by atoms with E-state index in [9.17, 15) is 0 Å². The molecule has 1 rings (SSSR count). The van der Waals surface area contributed by atoms with Crippen LogP contribution in [0.15, 0.2) is 25.6 Å². The normalized spacial score (nSPS) is 7.83. The highest BCUT2D eigenvalue weighted by Gasteiger charge is 1.93. The predicted octanol–water partition coefficient (Wildman–Crippen LogP) is 1.34. The van der Waals surface area contributed by atoms with Crippen LogP contribution in [0.4, 0.5) is 0 Å². The van der Waals surface area contributed by atoms with Crippen LogP contribution in [0.1, 0.15) is 11.4 Å². The minimum Gasteiger partial charge on any atom is -0.333 e. The first-order valence-electron chi connectivity index (χ1n) is 3.52. The molecule has 0 unspecified atom stereocenters. The highest BCUT2D eigenvalue weighted by atomic mass is 14.8. The van der Waals surface area contributed by atoms with Crippen LogP contribution < -0.4 is 5.73 Å². The van der Waals surface area contributed by atoms with Crippen molar-refractivity contribution in [2.45, 2.75) is 0 Å². The lowest BCUT2D eigenvalue weighted by molar-refractivity contribution is 1.16. The Morgan fingerprint density at radius 2 is 1.42 bits per heavy atom. The van der Waals surface area contributed by atoms with Crippen LogP contribution in [-0.2, 0) is 0 Å². The van der Waals surface area contributed by atoms with Gasteiger partial charge in [-0.3, -0.25) is 9.97 Å². The zero-order chi connectivity index (χ0) is 9.40. The first-order valence-corrected chi connectivity index (χ1v) is 3.52. The van der Waals surface area contributed by atoms with Crippen LogP contribution in [0.2, 0.25) is 0 Å². The Morgan fingerprint density at radius 1 is 1.08 bits per heavy atom. The molecule has 0 amide bonds. The monoisotopic (exact) mass is 163 g/mol. The molecule has 0 atom stereocenters. The molecule has 0 saturated carbocycles. The molecule has 0 spiro atoms. The van der Waals surface area contributed by atoms with E-state index in [2.05, 4.69) is 28.9 Å². The molecule has 64 valence electrons. The minimum absolute atomic E-state index is 0.775. The van der Waals surface area contributed by atoms with E-state index >= 15 is 0 Å². The maximum atomic E-state index is 4.50. The molecule has 0 saturated heterocycles. The van der Waals surface area contributed by atoms with Gasteiger partial charge in [0.25, 0.3) is 0 Å². The molecular formula is C9H13N3. The van der Waals surface area contributed by atoms with Crippen molar-refractivity contribution in [1.29, 1.82) is 0 Å². The molecule has 1 aromatic heterocycles. The molecular weight excluding hydrogens is 150 g/mol. The number of aromatic nitrogens is 2. The fourth-order valence-corrected chi connectivity index (χ4v) is 0.674. The van der Waals surface area contributed by atoms with Crippen molar-refractivity contribution < 1.29 is 0 Å². The van der Waals surface area contributed by atoms with Crippen molar-refractivity contribution >= 4 is 12.2 Å². The van der Waals surface area contributed by atoms with Gasteiger partial charge in [0, 0.05) is 12.4 Å². The van der Waals surface area contributed by atoms with Crippen molar-refractivity contribution in [3.63, 3.8) is 0 Å². The third kappa shape index (κ3) is 2.64. The summed E-state index contributed by atoms with van der Waals surface area (Å²) in [6.45, 7) is 7.18. The Bertz CT molecular complexity index is 229. The van der Waals surface area contributed by atoms with E-state index < -0.39 is 0 Å². The van der Waals surface area contributed by atoms with Crippen LogP contribution in [0.25, 0.3) is 12.2 Å². The van der Waals surface area contributed by atoms with Gasteiger partial charge in [0.1, 0.15) is 0 Å². The van der Waals surface area contributed by atoms with Crippen LogP contribution in [0.5, 0.6) is 0 Å². The second-order valence-corrected chi connectivity index (χ2v) is 1.74. The molecule has 1 heterocycles. The van der Waals surface area contributed by atoms with Gasteiger partial charge < -0.3 is 5.73 Å². The smallest absolute Gasteiger partial charge is 0.0880 e. The summed E-state index contributed by atoms with van der Waals surface area (Å²) in [5, 5.41) is 0. The molecule has 12 heavy (non-hydrogen) atoms. The van der Waals surface area contributed by atoms with Crippen molar-refractivity contribution in [2.24, 2.45) is 5.73 Å². The quantitative estimate of drug-likeness (QED) is 0.715. The number of rotatable bonds is 2. The number of hydrogen-bond donors (Lipinski definition) is 1. The van der Waals surface area contributed by atoms with Crippen molar-refractivity contribution in [3.05, 3.63) is 36.9 Å². The molecule has 0 aromatic carbocycles. The van der Waals surface area contributed by atoms with E-state index in [0.29, 0.717) is 0 Å². The van der Waals surface area contributed by atoms with E-state index in [1.165, 1.54) is 7.05 Å². The Labute approximate surface area is 72.7 Å². The van der Waals surface area contributed by atoms with E-state index in [0.717, 1.165) is 11.4 Å². The van der Waals surface area contributed by atoms with Gasteiger partial charge in [-0.15, -0.1) is 0 Å². The summed E-state index contributed by atoms with van der Waals surface area (Å²) in [6, 6.07) is 0. The van der Waals surface area contributed by atoms with Gasteiger partial charge in [-0.05, 0) is 19.2 Å². The zero-order valence-electron chi connectivity index (χ0n) is 7.20. The van der Waals surface area contributed by atoms with Crippen LogP contribution in [0.3, 0.4) is 0 Å². The fraction of sp³-hybridized carbons (Fsp3) is 0.111. The highest BCUT2D eigenvalue weighted by molar-refractivity contribution is 5.56. The lowest BCUT2D eigenvalue weighted by atomic mass is 10.3. The van der Waals surface area contributed by atoms with Crippen LogP contribution >= 0.6 is 0 Å². The maximum Gasteiger partial charge on any atom is 0.0880 e. The standard InChI is InChI=1S/C8H8N2.CH5N/c1-3-7-8(4-2)10-6-5-9-7;1-2/h3-6H,1-2H2;2H2,1H3. The first kappa shape index (κ1) is 10.5. The molecule has 0 fully saturated rings. The molecule has 3 heteroatoms. The largest absolute Gasteiger partial charge is 0.333 e. The van der Waals surface area contributed by atoms with E-state index in [4.69, 9.17) is 0 Å². The lowest BCUT2D eigenvalue weighted by Crippen LogP contribution is -1.87. The maximum absolute atomic E-state index is 4.50. The Hall–Kier alpha value is -1.48. The van der Waals surface area contributed by atoms with Gasteiger partial charge in [-0.25, -0.2) is 0 Å². The topological polar surface area (TPSA) is 51.8 Å². The third-order valence-electron chi connectivity index (χ3n) is 1.14. The van der Waals surface area contributed by atoms with Gasteiger partial charge in [0.05, 0.1) is 11.4 Å². The molecule has 3 nitrogen and oxygen atoms in total. The zero-order valence-corrected chi connectivity index (χ0v) is 7.20. The van der Waals surface area contributed by atoms with Crippen LogP contribution in [0, 0.1) is 0 Å². The van der Waals surface area contributed by atoms with Crippen molar-refractivity contribution in [3.8, 4) is 0 Å². The average Bonchev–Trinajstić information content (AvgIpc) is 2.20. The Balaban J connectivity index is 0.000000561. The summed E-state index contributed by atoms with van der Waals surface area (Å²) >= 11 is 0.